The Morgan fingerprint density at radius 2 is 1.95 bits per heavy atom. The highest BCUT2D eigenvalue weighted by molar-refractivity contribution is 9.10. The monoisotopic (exact) mass is 341 g/mol. The van der Waals surface area contributed by atoms with E-state index in [0.29, 0.717) is 23.3 Å². The van der Waals surface area contributed by atoms with E-state index in [0.717, 1.165) is 5.56 Å². The topological polar surface area (TPSA) is 21.3 Å². The number of benzene rings is 2. The smallest absolute Gasteiger partial charge is 0.167 e. The Morgan fingerprint density at radius 3 is 2.65 bits per heavy atom. The summed E-state index contributed by atoms with van der Waals surface area (Å²) in [5.74, 6) is -0.512. The average Bonchev–Trinajstić information content (AvgIpc) is 2.43. The van der Waals surface area contributed by atoms with Crippen LogP contribution in [0, 0.1) is 11.6 Å². The van der Waals surface area contributed by atoms with E-state index < -0.39 is 5.82 Å². The third kappa shape index (κ3) is 3.48. The number of rotatable bonds is 5. The molecule has 2 aromatic carbocycles. The molecule has 2 rings (SSSR count). The van der Waals surface area contributed by atoms with Crippen LogP contribution in [0.1, 0.15) is 12.5 Å². The highest BCUT2D eigenvalue weighted by Crippen LogP contribution is 2.24. The van der Waals surface area contributed by atoms with Crippen molar-refractivity contribution < 1.29 is 13.5 Å². The van der Waals surface area contributed by atoms with Gasteiger partial charge < -0.3 is 10.1 Å². The zero-order valence-corrected chi connectivity index (χ0v) is 12.5. The molecule has 0 spiro atoms. The predicted octanol–water partition coefficient (Wildman–Crippen LogP) is 4.74. The summed E-state index contributed by atoms with van der Waals surface area (Å²) in [6.07, 6.45) is 0. The van der Waals surface area contributed by atoms with E-state index >= 15 is 0 Å². The van der Waals surface area contributed by atoms with Gasteiger partial charge in [0.1, 0.15) is 5.82 Å². The number of hydrogen-bond donors (Lipinski definition) is 1. The number of ether oxygens (including phenoxy) is 1. The van der Waals surface area contributed by atoms with Crippen molar-refractivity contribution in [2.45, 2.75) is 13.5 Å². The van der Waals surface area contributed by atoms with Gasteiger partial charge in [-0.3, -0.25) is 0 Å². The molecule has 0 aliphatic heterocycles. The average molecular weight is 342 g/mol. The van der Waals surface area contributed by atoms with Gasteiger partial charge in [0, 0.05) is 18.3 Å². The fraction of sp³-hybridized carbons (Fsp3) is 0.200. The number of halogens is 3. The highest BCUT2D eigenvalue weighted by Gasteiger charge is 2.07. The molecular weight excluding hydrogens is 328 g/mol. The van der Waals surface area contributed by atoms with Crippen molar-refractivity contribution in [2.24, 2.45) is 0 Å². The van der Waals surface area contributed by atoms with E-state index in [1.54, 1.807) is 31.2 Å². The molecule has 0 aliphatic rings. The molecule has 0 amide bonds. The Hall–Kier alpha value is -1.62. The van der Waals surface area contributed by atoms with Gasteiger partial charge in [0.15, 0.2) is 11.6 Å². The molecule has 1 N–H and O–H groups in total. The van der Waals surface area contributed by atoms with Crippen LogP contribution in [0.15, 0.2) is 40.9 Å². The van der Waals surface area contributed by atoms with Gasteiger partial charge in [-0.15, -0.1) is 0 Å². The van der Waals surface area contributed by atoms with Gasteiger partial charge in [0.05, 0.1) is 11.1 Å². The first-order chi connectivity index (χ1) is 9.61. The van der Waals surface area contributed by atoms with E-state index in [2.05, 4.69) is 21.2 Å². The van der Waals surface area contributed by atoms with Crippen molar-refractivity contribution in [3.05, 3.63) is 58.1 Å². The molecule has 0 saturated heterocycles. The fourth-order valence-corrected chi connectivity index (χ4v) is 2.17. The normalized spacial score (nSPS) is 10.4. The summed E-state index contributed by atoms with van der Waals surface area (Å²) in [5.41, 5.74) is 1.38. The van der Waals surface area contributed by atoms with Crippen LogP contribution in [0.5, 0.6) is 5.75 Å². The Kier molecular flexibility index (Phi) is 4.95. The number of anilines is 1. The maximum atomic E-state index is 13.7. The molecular formula is C15H14BrF2NO. The quantitative estimate of drug-likeness (QED) is 0.848. The Bertz CT molecular complexity index is 604. The van der Waals surface area contributed by atoms with Crippen LogP contribution < -0.4 is 10.1 Å². The summed E-state index contributed by atoms with van der Waals surface area (Å²) >= 11 is 3.19. The molecule has 5 heteroatoms. The maximum absolute atomic E-state index is 13.7. The standard InChI is InChI=1S/C15H14BrF2NO/c1-2-20-14-7-6-11(8-13(14)18)19-9-10-4-3-5-12(17)15(10)16/h3-8,19H,2,9H2,1H3. The SMILES string of the molecule is CCOc1ccc(NCc2cccc(F)c2Br)cc1F. The zero-order chi connectivity index (χ0) is 14.5. The summed E-state index contributed by atoms with van der Waals surface area (Å²) in [5, 5.41) is 3.05. The van der Waals surface area contributed by atoms with Crippen LogP contribution in [0.4, 0.5) is 14.5 Å². The van der Waals surface area contributed by atoms with Crippen molar-refractivity contribution in [3.8, 4) is 5.75 Å². The van der Waals surface area contributed by atoms with Crippen LogP contribution in [-0.2, 0) is 6.54 Å². The third-order valence-electron chi connectivity index (χ3n) is 2.75. The minimum Gasteiger partial charge on any atom is -0.491 e. The Labute approximate surface area is 124 Å². The van der Waals surface area contributed by atoms with Gasteiger partial charge in [0.2, 0.25) is 0 Å². The third-order valence-corrected chi connectivity index (χ3v) is 3.63. The molecule has 0 fully saturated rings. The lowest BCUT2D eigenvalue weighted by molar-refractivity contribution is 0.321. The van der Waals surface area contributed by atoms with Crippen LogP contribution in [0.3, 0.4) is 0 Å². The lowest BCUT2D eigenvalue weighted by Gasteiger charge is -2.10. The lowest BCUT2D eigenvalue weighted by atomic mass is 10.2. The molecule has 0 radical (unpaired) electrons. The maximum Gasteiger partial charge on any atom is 0.167 e. The highest BCUT2D eigenvalue weighted by atomic mass is 79.9. The largest absolute Gasteiger partial charge is 0.491 e. The van der Waals surface area contributed by atoms with Gasteiger partial charge in [-0.1, -0.05) is 12.1 Å². The number of nitrogens with one attached hydrogen (secondary N) is 1. The molecule has 0 atom stereocenters. The summed E-state index contributed by atoms with van der Waals surface area (Å²) in [6, 6.07) is 9.46. The minimum atomic E-state index is -0.421. The van der Waals surface area contributed by atoms with E-state index in [-0.39, 0.29) is 11.6 Å². The first kappa shape index (κ1) is 14.8. The lowest BCUT2D eigenvalue weighted by Crippen LogP contribution is -2.02. The van der Waals surface area contributed by atoms with Crippen LogP contribution in [0.2, 0.25) is 0 Å². The van der Waals surface area contributed by atoms with Crippen molar-refractivity contribution in [1.82, 2.24) is 0 Å². The van der Waals surface area contributed by atoms with Gasteiger partial charge in [-0.2, -0.15) is 0 Å². The second-order valence-corrected chi connectivity index (χ2v) is 4.94. The van der Waals surface area contributed by atoms with Crippen molar-refractivity contribution >= 4 is 21.6 Å². The van der Waals surface area contributed by atoms with Crippen molar-refractivity contribution in [1.29, 1.82) is 0 Å². The van der Waals surface area contributed by atoms with Gasteiger partial charge in [-0.05, 0) is 46.6 Å². The summed E-state index contributed by atoms with van der Waals surface area (Å²) in [6.45, 7) is 2.61. The first-order valence-electron chi connectivity index (χ1n) is 6.21. The molecule has 0 aromatic heterocycles. The molecule has 2 aromatic rings. The van der Waals surface area contributed by atoms with Crippen LogP contribution in [-0.4, -0.2) is 6.61 Å². The second kappa shape index (κ2) is 6.70. The van der Waals surface area contributed by atoms with Crippen LogP contribution >= 0.6 is 15.9 Å². The summed E-state index contributed by atoms with van der Waals surface area (Å²) in [4.78, 5) is 0. The van der Waals surface area contributed by atoms with Crippen molar-refractivity contribution in [3.63, 3.8) is 0 Å². The molecule has 0 saturated carbocycles. The molecule has 0 unspecified atom stereocenters. The van der Waals surface area contributed by atoms with E-state index in [1.807, 2.05) is 0 Å². The minimum absolute atomic E-state index is 0.227. The van der Waals surface area contributed by atoms with E-state index in [9.17, 15) is 8.78 Å². The predicted molar refractivity (Wildman–Crippen MR) is 79.0 cm³/mol. The molecule has 0 bridgehead atoms. The Morgan fingerprint density at radius 1 is 1.15 bits per heavy atom. The summed E-state index contributed by atoms with van der Waals surface area (Å²) < 4.78 is 32.6. The second-order valence-electron chi connectivity index (χ2n) is 4.14. The molecule has 20 heavy (non-hydrogen) atoms. The summed E-state index contributed by atoms with van der Waals surface area (Å²) in [7, 11) is 0. The molecule has 0 heterocycles. The Balaban J connectivity index is 2.07. The van der Waals surface area contributed by atoms with Crippen molar-refractivity contribution in [2.75, 3.05) is 11.9 Å². The molecule has 106 valence electrons. The van der Waals surface area contributed by atoms with Gasteiger partial charge >= 0.3 is 0 Å². The first-order valence-corrected chi connectivity index (χ1v) is 7.00. The molecule has 0 aliphatic carbocycles. The van der Waals surface area contributed by atoms with E-state index in [1.165, 1.54) is 12.1 Å². The van der Waals surface area contributed by atoms with Gasteiger partial charge in [0.25, 0.3) is 0 Å². The molecule has 2 nitrogen and oxygen atoms in total. The fourth-order valence-electron chi connectivity index (χ4n) is 1.77. The zero-order valence-electron chi connectivity index (χ0n) is 10.9. The van der Waals surface area contributed by atoms with Gasteiger partial charge in [-0.25, -0.2) is 8.78 Å². The van der Waals surface area contributed by atoms with Crippen LogP contribution in [0.25, 0.3) is 0 Å². The number of hydrogen-bond acceptors (Lipinski definition) is 2. The van der Waals surface area contributed by atoms with E-state index in [4.69, 9.17) is 4.74 Å².